The maximum Gasteiger partial charge on any atom is 0.303 e. The average molecular weight is 278 g/mol. The van der Waals surface area contributed by atoms with Gasteiger partial charge in [0.15, 0.2) is 0 Å². The highest BCUT2D eigenvalue weighted by Gasteiger charge is 2.18. The second kappa shape index (κ2) is 8.62. The van der Waals surface area contributed by atoms with E-state index in [2.05, 4.69) is 26.8 Å². The monoisotopic (exact) mass is 278 g/mol. The zero-order valence-electron chi connectivity index (χ0n) is 12.8. The fraction of sp³-hybridized carbons (Fsp3) is 0.588. The molecule has 1 unspecified atom stereocenters. The maximum atomic E-state index is 11.0. The van der Waals surface area contributed by atoms with E-state index in [1.807, 2.05) is 12.1 Å². The minimum absolute atomic E-state index is 0.104. The molecule has 0 saturated heterocycles. The van der Waals surface area contributed by atoms with Crippen LogP contribution >= 0.6 is 0 Å². The van der Waals surface area contributed by atoms with Crippen molar-refractivity contribution in [1.82, 2.24) is 0 Å². The Kier molecular flexibility index (Phi) is 7.13. The Morgan fingerprint density at radius 1 is 1.25 bits per heavy atom. The fourth-order valence-electron chi connectivity index (χ4n) is 2.52. The number of carbonyl (C=O) groups is 1. The molecule has 0 aliphatic carbocycles. The molecule has 0 aliphatic heterocycles. The first-order valence-electron chi connectivity index (χ1n) is 7.59. The lowest BCUT2D eigenvalue weighted by atomic mass is 9.87. The van der Waals surface area contributed by atoms with Crippen LogP contribution in [0.2, 0.25) is 0 Å². The van der Waals surface area contributed by atoms with Crippen molar-refractivity contribution in [3.05, 3.63) is 29.3 Å². The molecule has 0 radical (unpaired) electrons. The van der Waals surface area contributed by atoms with E-state index in [4.69, 9.17) is 9.84 Å². The molecule has 20 heavy (non-hydrogen) atoms. The molecule has 0 aromatic heterocycles. The summed E-state index contributed by atoms with van der Waals surface area (Å²) in [6.45, 7) is 7.00. The lowest BCUT2D eigenvalue weighted by Gasteiger charge is -2.19. The minimum atomic E-state index is -0.725. The highest BCUT2D eigenvalue weighted by atomic mass is 16.5. The number of carboxylic acid groups (broad SMARTS) is 1. The Bertz CT molecular complexity index is 426. The molecule has 0 bridgehead atoms. The van der Waals surface area contributed by atoms with E-state index >= 15 is 0 Å². The van der Waals surface area contributed by atoms with Crippen LogP contribution in [0.5, 0.6) is 5.75 Å². The lowest BCUT2D eigenvalue weighted by molar-refractivity contribution is -0.137. The Morgan fingerprint density at radius 3 is 2.55 bits per heavy atom. The summed E-state index contributed by atoms with van der Waals surface area (Å²) in [5, 5.41) is 9.08. The third kappa shape index (κ3) is 4.87. The zero-order valence-corrected chi connectivity index (χ0v) is 12.8. The van der Waals surface area contributed by atoms with E-state index < -0.39 is 5.97 Å². The minimum Gasteiger partial charge on any atom is -0.494 e. The van der Waals surface area contributed by atoms with Gasteiger partial charge in [0.05, 0.1) is 13.0 Å². The SMILES string of the molecule is CCCOc1ccc(C(CCC)CC(=O)O)c(CC)c1. The first-order chi connectivity index (χ1) is 9.62. The standard InChI is InChI=1S/C17H26O3/c1-4-7-14(12-17(18)19)16-9-8-15(20-10-5-2)11-13(16)6-3/h8-9,11,14H,4-7,10,12H2,1-3H3,(H,18,19). The van der Waals surface area contributed by atoms with Gasteiger partial charge >= 0.3 is 5.97 Å². The molecule has 1 N–H and O–H groups in total. The van der Waals surface area contributed by atoms with Crippen molar-refractivity contribution >= 4 is 5.97 Å². The Morgan fingerprint density at radius 2 is 2.00 bits per heavy atom. The van der Waals surface area contributed by atoms with Crippen LogP contribution in [0.15, 0.2) is 18.2 Å². The van der Waals surface area contributed by atoms with Crippen molar-refractivity contribution in [2.75, 3.05) is 6.61 Å². The van der Waals surface area contributed by atoms with Gasteiger partial charge in [-0.3, -0.25) is 4.79 Å². The number of aliphatic carboxylic acids is 1. The van der Waals surface area contributed by atoms with Gasteiger partial charge < -0.3 is 9.84 Å². The largest absolute Gasteiger partial charge is 0.494 e. The molecule has 1 aromatic carbocycles. The molecule has 112 valence electrons. The Labute approximate surface area is 122 Å². The van der Waals surface area contributed by atoms with Gasteiger partial charge in [0.1, 0.15) is 5.75 Å². The van der Waals surface area contributed by atoms with Crippen LogP contribution < -0.4 is 4.74 Å². The molecular weight excluding hydrogens is 252 g/mol. The normalized spacial score (nSPS) is 12.2. The number of aryl methyl sites for hydroxylation is 1. The molecule has 1 rings (SSSR count). The molecular formula is C17H26O3. The molecule has 0 saturated carbocycles. The van der Waals surface area contributed by atoms with Crippen molar-refractivity contribution in [2.45, 2.75) is 58.8 Å². The zero-order chi connectivity index (χ0) is 15.0. The Hall–Kier alpha value is -1.51. The smallest absolute Gasteiger partial charge is 0.303 e. The van der Waals surface area contributed by atoms with Crippen LogP contribution in [0.1, 0.15) is 63.5 Å². The number of hydrogen-bond donors (Lipinski definition) is 1. The topological polar surface area (TPSA) is 46.5 Å². The van der Waals surface area contributed by atoms with Crippen LogP contribution in [0.4, 0.5) is 0 Å². The number of carboxylic acids is 1. The predicted molar refractivity (Wildman–Crippen MR) is 81.5 cm³/mol. The predicted octanol–water partition coefficient (Wildman–Crippen LogP) is 4.40. The molecule has 0 fully saturated rings. The number of benzene rings is 1. The quantitative estimate of drug-likeness (QED) is 0.728. The van der Waals surface area contributed by atoms with Gasteiger partial charge in [-0.25, -0.2) is 0 Å². The number of ether oxygens (including phenoxy) is 1. The molecule has 0 heterocycles. The summed E-state index contributed by atoms with van der Waals surface area (Å²) >= 11 is 0. The first-order valence-corrected chi connectivity index (χ1v) is 7.59. The molecule has 0 aliphatic rings. The highest BCUT2D eigenvalue weighted by Crippen LogP contribution is 2.30. The van der Waals surface area contributed by atoms with Crippen molar-refractivity contribution in [3.63, 3.8) is 0 Å². The molecule has 3 nitrogen and oxygen atoms in total. The molecule has 0 amide bonds. The second-order valence-electron chi connectivity index (χ2n) is 5.15. The average Bonchev–Trinajstić information content (AvgIpc) is 2.44. The molecule has 3 heteroatoms. The van der Waals surface area contributed by atoms with Gasteiger partial charge in [0.2, 0.25) is 0 Å². The summed E-state index contributed by atoms with van der Waals surface area (Å²) in [7, 11) is 0. The van der Waals surface area contributed by atoms with E-state index in [9.17, 15) is 4.79 Å². The van der Waals surface area contributed by atoms with Gasteiger partial charge in [-0.15, -0.1) is 0 Å². The van der Waals surface area contributed by atoms with Crippen LogP contribution in [0.3, 0.4) is 0 Å². The number of rotatable bonds is 9. The van der Waals surface area contributed by atoms with Crippen LogP contribution in [-0.2, 0) is 11.2 Å². The maximum absolute atomic E-state index is 11.0. The summed E-state index contributed by atoms with van der Waals surface area (Å²) in [5.74, 6) is 0.266. The lowest BCUT2D eigenvalue weighted by Crippen LogP contribution is -2.09. The van der Waals surface area contributed by atoms with Crippen molar-refractivity contribution < 1.29 is 14.6 Å². The molecule has 1 atom stereocenters. The fourth-order valence-corrected chi connectivity index (χ4v) is 2.52. The van der Waals surface area contributed by atoms with Gasteiger partial charge in [0.25, 0.3) is 0 Å². The van der Waals surface area contributed by atoms with Crippen molar-refractivity contribution in [3.8, 4) is 5.75 Å². The van der Waals surface area contributed by atoms with E-state index in [1.165, 1.54) is 11.1 Å². The second-order valence-corrected chi connectivity index (χ2v) is 5.15. The van der Waals surface area contributed by atoms with E-state index in [0.29, 0.717) is 0 Å². The van der Waals surface area contributed by atoms with Crippen molar-refractivity contribution in [1.29, 1.82) is 0 Å². The summed E-state index contributed by atoms with van der Waals surface area (Å²) in [5.41, 5.74) is 2.37. The number of hydrogen-bond acceptors (Lipinski definition) is 2. The summed E-state index contributed by atoms with van der Waals surface area (Å²) in [6, 6.07) is 6.08. The van der Waals surface area contributed by atoms with E-state index in [0.717, 1.165) is 38.0 Å². The van der Waals surface area contributed by atoms with Gasteiger partial charge in [-0.1, -0.05) is 33.3 Å². The van der Waals surface area contributed by atoms with Gasteiger partial charge in [-0.2, -0.15) is 0 Å². The summed E-state index contributed by atoms with van der Waals surface area (Å²) < 4.78 is 5.66. The van der Waals surface area contributed by atoms with Crippen molar-refractivity contribution in [2.24, 2.45) is 0 Å². The van der Waals surface area contributed by atoms with Crippen LogP contribution in [-0.4, -0.2) is 17.7 Å². The van der Waals surface area contributed by atoms with Gasteiger partial charge in [-0.05, 0) is 48.4 Å². The molecule has 1 aromatic rings. The summed E-state index contributed by atoms with van der Waals surface area (Å²) in [6.07, 6.45) is 4.00. The third-order valence-electron chi connectivity index (χ3n) is 3.47. The Balaban J connectivity index is 2.98. The highest BCUT2D eigenvalue weighted by molar-refractivity contribution is 5.68. The van der Waals surface area contributed by atoms with E-state index in [-0.39, 0.29) is 12.3 Å². The van der Waals surface area contributed by atoms with Crippen LogP contribution in [0.25, 0.3) is 0 Å². The summed E-state index contributed by atoms with van der Waals surface area (Å²) in [4.78, 5) is 11.0. The van der Waals surface area contributed by atoms with E-state index in [1.54, 1.807) is 0 Å². The first kappa shape index (κ1) is 16.5. The van der Waals surface area contributed by atoms with Gasteiger partial charge in [0, 0.05) is 0 Å². The molecule has 0 spiro atoms. The third-order valence-corrected chi connectivity index (χ3v) is 3.47. The van der Waals surface area contributed by atoms with Crippen LogP contribution in [0, 0.1) is 0 Å².